The fraction of sp³-hybridized carbons (Fsp3) is 0.333. The van der Waals surface area contributed by atoms with Crippen LogP contribution in [0.5, 0.6) is 11.5 Å². The van der Waals surface area contributed by atoms with Gasteiger partial charge in [-0.3, -0.25) is 20.4 Å². The minimum Gasteiger partial charge on any atom is -0.493 e. The van der Waals surface area contributed by atoms with Gasteiger partial charge in [-0.1, -0.05) is 17.7 Å². The van der Waals surface area contributed by atoms with Gasteiger partial charge in [-0.15, -0.1) is 0 Å². The molecule has 0 aromatic heterocycles. The number of nitrogens with one attached hydrogen (secondary N) is 3. The second-order valence-corrected chi connectivity index (χ2v) is 7.61. The molecule has 0 radical (unpaired) electrons. The Balaban J connectivity index is 1.53. The summed E-state index contributed by atoms with van der Waals surface area (Å²) in [5.74, 6) is 0.709. The first-order chi connectivity index (χ1) is 14.9. The Hall–Kier alpha value is -3.48. The molecule has 2 amide bonds. The van der Waals surface area contributed by atoms with E-state index in [1.54, 1.807) is 6.08 Å². The van der Waals surface area contributed by atoms with Gasteiger partial charge in [-0.2, -0.15) is 0 Å². The van der Waals surface area contributed by atoms with Gasteiger partial charge in [0.1, 0.15) is 17.6 Å². The highest BCUT2D eigenvalue weighted by Crippen LogP contribution is 2.35. The summed E-state index contributed by atoms with van der Waals surface area (Å²) in [6, 6.07) is 9.77. The Labute approximate surface area is 182 Å². The summed E-state index contributed by atoms with van der Waals surface area (Å²) < 4.78 is 11.5. The Bertz CT molecular complexity index is 1000. The standard InChI is InChI=1S/C24H29N3O4/c1-5-30-21-13-19-11-17(4)31-22(19)12-18(21)7-9-23(28)26-27-24(29)14-25-20-8-6-15(2)10-16(20)3/h6-10,12-13,17,25H,5,11,14H2,1-4H3,(H,26,28)(H,27,29)/b9-7+/t17-/m0/s1. The molecule has 1 atom stereocenters. The molecule has 1 aliphatic heterocycles. The molecule has 3 rings (SSSR count). The van der Waals surface area contributed by atoms with Crippen LogP contribution in [0.2, 0.25) is 0 Å². The molecule has 0 bridgehead atoms. The molecule has 164 valence electrons. The topological polar surface area (TPSA) is 88.7 Å². The molecule has 3 N–H and O–H groups in total. The first-order valence-electron chi connectivity index (χ1n) is 10.4. The molecule has 7 heteroatoms. The van der Waals surface area contributed by atoms with E-state index in [0.717, 1.165) is 40.1 Å². The van der Waals surface area contributed by atoms with Crippen LogP contribution in [-0.4, -0.2) is 31.1 Å². The molecular weight excluding hydrogens is 394 g/mol. The summed E-state index contributed by atoms with van der Waals surface area (Å²) in [6.45, 7) is 8.48. The Morgan fingerprint density at radius 1 is 1.19 bits per heavy atom. The van der Waals surface area contributed by atoms with Gasteiger partial charge in [-0.25, -0.2) is 0 Å². The highest BCUT2D eigenvalue weighted by Gasteiger charge is 2.21. The SMILES string of the molecule is CCOc1cc2c(cc1/C=C/C(=O)NNC(=O)CNc1ccc(C)cc1C)O[C@@H](C)C2. The van der Waals surface area contributed by atoms with E-state index in [4.69, 9.17) is 9.47 Å². The van der Waals surface area contributed by atoms with Gasteiger partial charge in [0, 0.05) is 29.3 Å². The predicted molar refractivity (Wildman–Crippen MR) is 121 cm³/mol. The van der Waals surface area contributed by atoms with Crippen LogP contribution in [0.4, 0.5) is 5.69 Å². The second-order valence-electron chi connectivity index (χ2n) is 7.61. The molecular formula is C24H29N3O4. The Kier molecular flexibility index (Phi) is 7.18. The lowest BCUT2D eigenvalue weighted by Gasteiger charge is -2.11. The van der Waals surface area contributed by atoms with Crippen LogP contribution in [0.25, 0.3) is 6.08 Å². The van der Waals surface area contributed by atoms with Crippen LogP contribution in [0.3, 0.4) is 0 Å². The average molecular weight is 424 g/mol. The number of aryl methyl sites for hydroxylation is 2. The molecule has 0 aliphatic carbocycles. The first-order valence-corrected chi connectivity index (χ1v) is 10.4. The van der Waals surface area contributed by atoms with Crippen LogP contribution >= 0.6 is 0 Å². The number of hydrogen-bond donors (Lipinski definition) is 3. The van der Waals surface area contributed by atoms with Crippen molar-refractivity contribution in [2.24, 2.45) is 0 Å². The summed E-state index contributed by atoms with van der Waals surface area (Å²) in [4.78, 5) is 24.2. The van der Waals surface area contributed by atoms with Gasteiger partial charge in [0.15, 0.2) is 0 Å². The van der Waals surface area contributed by atoms with Crippen molar-refractivity contribution < 1.29 is 19.1 Å². The lowest BCUT2D eigenvalue weighted by Crippen LogP contribution is -2.43. The van der Waals surface area contributed by atoms with Crippen LogP contribution in [0.1, 0.15) is 36.1 Å². The average Bonchev–Trinajstić information content (AvgIpc) is 3.08. The number of hydrazine groups is 1. The van der Waals surface area contributed by atoms with E-state index in [2.05, 4.69) is 16.2 Å². The van der Waals surface area contributed by atoms with E-state index in [0.29, 0.717) is 12.4 Å². The van der Waals surface area contributed by atoms with Gasteiger partial charge < -0.3 is 14.8 Å². The van der Waals surface area contributed by atoms with Crippen LogP contribution in [-0.2, 0) is 16.0 Å². The Morgan fingerprint density at radius 2 is 2.00 bits per heavy atom. The van der Waals surface area contributed by atoms with Gasteiger partial charge >= 0.3 is 0 Å². The number of amides is 2. The third-order valence-corrected chi connectivity index (χ3v) is 4.89. The summed E-state index contributed by atoms with van der Waals surface area (Å²) in [6.07, 6.45) is 3.95. The lowest BCUT2D eigenvalue weighted by atomic mass is 10.1. The summed E-state index contributed by atoms with van der Waals surface area (Å²) in [7, 11) is 0. The fourth-order valence-electron chi connectivity index (χ4n) is 3.44. The number of anilines is 1. The maximum absolute atomic E-state index is 12.1. The van der Waals surface area contributed by atoms with Crippen molar-refractivity contribution in [3.63, 3.8) is 0 Å². The third-order valence-electron chi connectivity index (χ3n) is 4.89. The van der Waals surface area contributed by atoms with Crippen molar-refractivity contribution in [2.75, 3.05) is 18.5 Å². The van der Waals surface area contributed by atoms with Crippen LogP contribution in [0, 0.1) is 13.8 Å². The molecule has 0 unspecified atom stereocenters. The number of rotatable bonds is 7. The van der Waals surface area contributed by atoms with Gasteiger partial charge in [0.2, 0.25) is 0 Å². The molecule has 31 heavy (non-hydrogen) atoms. The van der Waals surface area contributed by atoms with E-state index < -0.39 is 5.91 Å². The normalized spacial score (nSPS) is 14.6. The monoisotopic (exact) mass is 423 g/mol. The van der Waals surface area contributed by atoms with Crippen molar-refractivity contribution in [2.45, 2.75) is 40.2 Å². The Morgan fingerprint density at radius 3 is 2.74 bits per heavy atom. The van der Waals surface area contributed by atoms with Crippen LogP contribution < -0.4 is 25.6 Å². The number of ether oxygens (including phenoxy) is 2. The molecule has 1 aliphatic rings. The number of hydrogen-bond acceptors (Lipinski definition) is 5. The molecule has 2 aromatic rings. The van der Waals surface area contributed by atoms with E-state index in [-0.39, 0.29) is 18.6 Å². The fourth-order valence-corrected chi connectivity index (χ4v) is 3.44. The highest BCUT2D eigenvalue weighted by molar-refractivity contribution is 5.94. The molecule has 7 nitrogen and oxygen atoms in total. The number of carbonyl (C=O) groups excluding carboxylic acids is 2. The zero-order valence-electron chi connectivity index (χ0n) is 18.4. The van der Waals surface area contributed by atoms with E-state index in [1.165, 1.54) is 6.08 Å². The van der Waals surface area contributed by atoms with Crippen molar-refractivity contribution in [3.05, 3.63) is 58.7 Å². The maximum atomic E-state index is 12.1. The minimum absolute atomic E-state index is 0.0444. The summed E-state index contributed by atoms with van der Waals surface area (Å²) in [5, 5.41) is 3.06. The van der Waals surface area contributed by atoms with Crippen molar-refractivity contribution in [3.8, 4) is 11.5 Å². The highest BCUT2D eigenvalue weighted by atomic mass is 16.5. The van der Waals surface area contributed by atoms with E-state index in [9.17, 15) is 9.59 Å². The number of fused-ring (bicyclic) bond motifs is 1. The molecule has 1 heterocycles. The largest absolute Gasteiger partial charge is 0.493 e. The van der Waals surface area contributed by atoms with Crippen molar-refractivity contribution >= 4 is 23.6 Å². The summed E-state index contributed by atoms with van der Waals surface area (Å²) in [5.41, 5.74) is 9.71. The van der Waals surface area contributed by atoms with Crippen molar-refractivity contribution in [1.82, 2.24) is 10.9 Å². The number of carbonyl (C=O) groups is 2. The van der Waals surface area contributed by atoms with Gasteiger partial charge in [0.25, 0.3) is 11.8 Å². The smallest absolute Gasteiger partial charge is 0.262 e. The zero-order chi connectivity index (χ0) is 22.4. The first kappa shape index (κ1) is 22.2. The minimum atomic E-state index is -0.447. The van der Waals surface area contributed by atoms with Crippen molar-refractivity contribution in [1.29, 1.82) is 0 Å². The van der Waals surface area contributed by atoms with Crippen LogP contribution in [0.15, 0.2) is 36.4 Å². The van der Waals surface area contributed by atoms with Gasteiger partial charge in [0.05, 0.1) is 13.2 Å². The quantitative estimate of drug-likeness (QED) is 0.470. The molecule has 0 saturated heterocycles. The predicted octanol–water partition coefficient (Wildman–Crippen LogP) is 3.30. The maximum Gasteiger partial charge on any atom is 0.262 e. The second kappa shape index (κ2) is 10.0. The van der Waals surface area contributed by atoms with E-state index >= 15 is 0 Å². The summed E-state index contributed by atoms with van der Waals surface area (Å²) >= 11 is 0. The molecule has 0 fully saturated rings. The zero-order valence-corrected chi connectivity index (χ0v) is 18.4. The molecule has 0 spiro atoms. The molecule has 0 saturated carbocycles. The number of benzene rings is 2. The third kappa shape index (κ3) is 6.01. The van der Waals surface area contributed by atoms with E-state index in [1.807, 2.05) is 58.0 Å². The lowest BCUT2D eigenvalue weighted by molar-refractivity contribution is -0.125. The van der Waals surface area contributed by atoms with Gasteiger partial charge in [-0.05, 0) is 57.5 Å². The molecule has 2 aromatic carbocycles.